The Labute approximate surface area is 109 Å². The maximum atomic E-state index is 11.2. The molecule has 18 heavy (non-hydrogen) atoms. The van der Waals surface area contributed by atoms with Gasteiger partial charge in [0.15, 0.2) is 0 Å². The summed E-state index contributed by atoms with van der Waals surface area (Å²) in [5.41, 5.74) is 2.12. The van der Waals surface area contributed by atoms with Gasteiger partial charge in [-0.2, -0.15) is 5.10 Å². The SMILES string of the molecule is CCc1cc(C(CCS(C)(=O)=O)NC)n(CC)n1. The summed E-state index contributed by atoms with van der Waals surface area (Å²) in [6.07, 6.45) is 2.74. The van der Waals surface area contributed by atoms with Crippen molar-refractivity contribution in [3.8, 4) is 0 Å². The largest absolute Gasteiger partial charge is 0.312 e. The summed E-state index contributed by atoms with van der Waals surface area (Å²) >= 11 is 0. The molecule has 1 aromatic heterocycles. The Morgan fingerprint density at radius 2 is 2.11 bits per heavy atom. The molecule has 0 radical (unpaired) electrons. The number of hydrogen-bond donors (Lipinski definition) is 1. The van der Waals surface area contributed by atoms with E-state index in [9.17, 15) is 8.42 Å². The third-order valence-electron chi connectivity index (χ3n) is 3.01. The molecule has 0 aliphatic carbocycles. The van der Waals surface area contributed by atoms with E-state index in [1.54, 1.807) is 0 Å². The summed E-state index contributed by atoms with van der Waals surface area (Å²) in [5.74, 6) is 0.189. The maximum absolute atomic E-state index is 11.2. The minimum atomic E-state index is -2.93. The number of nitrogens with one attached hydrogen (secondary N) is 1. The molecule has 5 nitrogen and oxygen atoms in total. The van der Waals surface area contributed by atoms with Crippen LogP contribution in [0.3, 0.4) is 0 Å². The van der Waals surface area contributed by atoms with Gasteiger partial charge in [0.05, 0.1) is 17.1 Å². The van der Waals surface area contributed by atoms with Crippen LogP contribution in [-0.4, -0.2) is 37.3 Å². The number of hydrogen-bond acceptors (Lipinski definition) is 4. The molecular formula is C12H23N3O2S. The second-order valence-corrected chi connectivity index (χ2v) is 6.75. The van der Waals surface area contributed by atoms with Gasteiger partial charge in [-0.05, 0) is 32.9 Å². The predicted octanol–water partition coefficient (Wildman–Crippen LogP) is 1.16. The topological polar surface area (TPSA) is 64.0 Å². The second-order valence-electron chi connectivity index (χ2n) is 4.49. The van der Waals surface area contributed by atoms with Crippen molar-refractivity contribution in [1.82, 2.24) is 15.1 Å². The van der Waals surface area contributed by atoms with Crippen LogP contribution in [0.1, 0.15) is 37.7 Å². The summed E-state index contributed by atoms with van der Waals surface area (Å²) in [7, 11) is -1.07. The lowest BCUT2D eigenvalue weighted by Crippen LogP contribution is -2.22. The Kier molecular flexibility index (Phi) is 5.34. The fourth-order valence-electron chi connectivity index (χ4n) is 1.97. The Hall–Kier alpha value is -0.880. The zero-order chi connectivity index (χ0) is 13.8. The van der Waals surface area contributed by atoms with Crippen molar-refractivity contribution >= 4 is 9.84 Å². The van der Waals surface area contributed by atoms with E-state index in [-0.39, 0.29) is 11.8 Å². The van der Waals surface area contributed by atoms with Gasteiger partial charge < -0.3 is 5.32 Å². The molecule has 0 aliphatic heterocycles. The molecule has 1 rings (SSSR count). The summed E-state index contributed by atoms with van der Waals surface area (Å²) in [5, 5.41) is 7.67. The summed E-state index contributed by atoms with van der Waals surface area (Å²) in [6.45, 7) is 4.91. The van der Waals surface area contributed by atoms with Crippen LogP contribution in [0.25, 0.3) is 0 Å². The Morgan fingerprint density at radius 1 is 1.44 bits per heavy atom. The van der Waals surface area contributed by atoms with E-state index in [4.69, 9.17) is 0 Å². The highest BCUT2D eigenvalue weighted by molar-refractivity contribution is 7.90. The van der Waals surface area contributed by atoms with E-state index < -0.39 is 9.84 Å². The average Bonchev–Trinajstić information content (AvgIpc) is 2.72. The third-order valence-corrected chi connectivity index (χ3v) is 3.98. The standard InChI is InChI=1S/C12H23N3O2S/c1-5-10-9-12(15(6-2)14-10)11(13-3)7-8-18(4,16)17/h9,11,13H,5-8H2,1-4H3. The number of sulfone groups is 1. The summed E-state index contributed by atoms with van der Waals surface area (Å²) in [6, 6.07) is 2.10. The minimum Gasteiger partial charge on any atom is -0.312 e. The zero-order valence-electron chi connectivity index (χ0n) is 11.6. The lowest BCUT2D eigenvalue weighted by Gasteiger charge is -2.16. The molecule has 1 unspecified atom stereocenters. The molecule has 0 bridgehead atoms. The predicted molar refractivity (Wildman–Crippen MR) is 73.4 cm³/mol. The smallest absolute Gasteiger partial charge is 0.147 e. The summed E-state index contributed by atoms with van der Waals surface area (Å²) < 4.78 is 24.4. The van der Waals surface area contributed by atoms with E-state index >= 15 is 0 Å². The minimum absolute atomic E-state index is 0.0347. The molecule has 0 spiro atoms. The van der Waals surface area contributed by atoms with E-state index in [0.29, 0.717) is 6.42 Å². The van der Waals surface area contributed by atoms with Crippen LogP contribution in [0.2, 0.25) is 0 Å². The van der Waals surface area contributed by atoms with E-state index in [1.807, 2.05) is 18.7 Å². The van der Waals surface area contributed by atoms with Crippen molar-refractivity contribution in [2.24, 2.45) is 0 Å². The normalized spacial score (nSPS) is 13.8. The first-order valence-corrected chi connectivity index (χ1v) is 8.38. The Morgan fingerprint density at radius 3 is 2.56 bits per heavy atom. The Balaban J connectivity index is 2.90. The van der Waals surface area contributed by atoms with Crippen LogP contribution in [-0.2, 0) is 22.8 Å². The van der Waals surface area contributed by atoms with Crippen LogP contribution in [0.5, 0.6) is 0 Å². The molecular weight excluding hydrogens is 250 g/mol. The van der Waals surface area contributed by atoms with Gasteiger partial charge in [-0.25, -0.2) is 8.42 Å². The van der Waals surface area contributed by atoms with Gasteiger partial charge in [-0.15, -0.1) is 0 Å². The fraction of sp³-hybridized carbons (Fsp3) is 0.750. The monoisotopic (exact) mass is 273 g/mol. The molecule has 0 amide bonds. The molecule has 6 heteroatoms. The number of nitrogens with zero attached hydrogens (tertiary/aromatic N) is 2. The van der Waals surface area contributed by atoms with Gasteiger partial charge >= 0.3 is 0 Å². The number of aryl methyl sites for hydroxylation is 2. The fourth-order valence-corrected chi connectivity index (χ4v) is 2.63. The molecule has 0 aliphatic rings. The van der Waals surface area contributed by atoms with Crippen molar-refractivity contribution in [3.63, 3.8) is 0 Å². The lowest BCUT2D eigenvalue weighted by molar-refractivity contribution is 0.500. The van der Waals surface area contributed by atoms with Gasteiger partial charge in [0.1, 0.15) is 9.84 Å². The summed E-state index contributed by atoms with van der Waals surface area (Å²) in [4.78, 5) is 0. The molecule has 0 saturated carbocycles. The number of rotatable bonds is 7. The lowest BCUT2D eigenvalue weighted by atomic mass is 10.1. The van der Waals surface area contributed by atoms with Crippen LogP contribution in [0.4, 0.5) is 0 Å². The van der Waals surface area contributed by atoms with Crippen LogP contribution in [0.15, 0.2) is 6.07 Å². The maximum Gasteiger partial charge on any atom is 0.147 e. The van der Waals surface area contributed by atoms with Gasteiger partial charge in [0.25, 0.3) is 0 Å². The quantitative estimate of drug-likeness (QED) is 0.810. The molecule has 1 aromatic rings. The highest BCUT2D eigenvalue weighted by atomic mass is 32.2. The molecule has 0 aromatic carbocycles. The third kappa shape index (κ3) is 4.10. The average molecular weight is 273 g/mol. The highest BCUT2D eigenvalue weighted by Gasteiger charge is 2.17. The van der Waals surface area contributed by atoms with Crippen LogP contribution in [0, 0.1) is 0 Å². The first-order chi connectivity index (χ1) is 8.41. The van der Waals surface area contributed by atoms with Crippen molar-refractivity contribution < 1.29 is 8.42 Å². The van der Waals surface area contributed by atoms with Crippen molar-refractivity contribution in [2.45, 2.75) is 39.3 Å². The van der Waals surface area contributed by atoms with E-state index in [0.717, 1.165) is 24.4 Å². The molecule has 1 N–H and O–H groups in total. The molecule has 1 heterocycles. The van der Waals surface area contributed by atoms with Gasteiger partial charge in [-0.3, -0.25) is 4.68 Å². The molecule has 1 atom stereocenters. The second kappa shape index (κ2) is 6.33. The number of aromatic nitrogens is 2. The zero-order valence-corrected chi connectivity index (χ0v) is 12.4. The first-order valence-electron chi connectivity index (χ1n) is 6.32. The van der Waals surface area contributed by atoms with Crippen molar-refractivity contribution in [3.05, 3.63) is 17.5 Å². The van der Waals surface area contributed by atoms with Gasteiger partial charge in [0.2, 0.25) is 0 Å². The first kappa shape index (κ1) is 15.2. The van der Waals surface area contributed by atoms with Gasteiger partial charge in [-0.1, -0.05) is 6.92 Å². The van der Waals surface area contributed by atoms with Crippen LogP contribution >= 0.6 is 0 Å². The van der Waals surface area contributed by atoms with Crippen LogP contribution < -0.4 is 5.32 Å². The highest BCUT2D eigenvalue weighted by Crippen LogP contribution is 2.19. The van der Waals surface area contributed by atoms with Gasteiger partial charge in [0, 0.05) is 18.8 Å². The molecule has 0 fully saturated rings. The van der Waals surface area contributed by atoms with Crippen molar-refractivity contribution in [2.75, 3.05) is 19.1 Å². The molecule has 0 saturated heterocycles. The van der Waals surface area contributed by atoms with E-state index in [2.05, 4.69) is 23.4 Å². The van der Waals surface area contributed by atoms with E-state index in [1.165, 1.54) is 6.26 Å². The van der Waals surface area contributed by atoms with Crippen molar-refractivity contribution in [1.29, 1.82) is 0 Å². The molecule has 104 valence electrons. The Bertz CT molecular complexity index is 480.